The highest BCUT2D eigenvalue weighted by Crippen LogP contribution is 2.35. The van der Waals surface area contributed by atoms with Crippen molar-refractivity contribution >= 4 is 5.97 Å². The Morgan fingerprint density at radius 1 is 0.828 bits per heavy atom. The molecule has 29 heavy (non-hydrogen) atoms. The maximum Gasteiger partial charge on any atom is 0.347 e. The van der Waals surface area contributed by atoms with Crippen LogP contribution in [-0.4, -0.2) is 69.3 Å². The van der Waals surface area contributed by atoms with Crippen molar-refractivity contribution in [3.05, 3.63) is 71.8 Å². The monoisotopic (exact) mass is 398 g/mol. The maximum atomic E-state index is 13.5. The van der Waals surface area contributed by atoms with Gasteiger partial charge in [0.25, 0.3) is 0 Å². The number of esters is 1. The molecule has 0 saturated heterocycles. The van der Waals surface area contributed by atoms with Crippen LogP contribution in [0.3, 0.4) is 0 Å². The molecule has 0 aliphatic rings. The maximum absolute atomic E-state index is 13.5. The van der Waals surface area contributed by atoms with Crippen LogP contribution in [0.5, 0.6) is 0 Å². The molecule has 0 bridgehead atoms. The van der Waals surface area contributed by atoms with Gasteiger partial charge in [-0.3, -0.25) is 0 Å². The van der Waals surface area contributed by atoms with E-state index in [4.69, 9.17) is 9.47 Å². The third-order valence-electron chi connectivity index (χ3n) is 5.04. The minimum absolute atomic E-state index is 0.332. The Bertz CT molecular complexity index is 676. The van der Waals surface area contributed by atoms with Crippen molar-refractivity contribution in [1.82, 2.24) is 9.80 Å². The number of likely N-dealkylation sites (N-methyl/N-ethyl adjacent to an activating group) is 2. The predicted molar refractivity (Wildman–Crippen MR) is 117 cm³/mol. The van der Waals surface area contributed by atoms with Gasteiger partial charge in [-0.1, -0.05) is 74.5 Å². The summed E-state index contributed by atoms with van der Waals surface area (Å²) >= 11 is 0. The molecule has 2 aromatic rings. The Morgan fingerprint density at radius 2 is 1.34 bits per heavy atom. The zero-order chi connectivity index (χ0) is 21.1. The van der Waals surface area contributed by atoms with E-state index in [0.717, 1.165) is 24.2 Å². The van der Waals surface area contributed by atoms with Crippen LogP contribution in [-0.2, 0) is 19.9 Å². The summed E-state index contributed by atoms with van der Waals surface area (Å²) in [6, 6.07) is 19.3. The van der Waals surface area contributed by atoms with Crippen molar-refractivity contribution < 1.29 is 14.3 Å². The van der Waals surface area contributed by atoms with Gasteiger partial charge in [-0.05, 0) is 38.3 Å². The second-order valence-corrected chi connectivity index (χ2v) is 7.23. The normalized spacial score (nSPS) is 11.8. The number of hydrogen-bond donors (Lipinski definition) is 0. The molecule has 5 heteroatoms. The third-order valence-corrected chi connectivity index (χ3v) is 5.04. The molecule has 0 unspecified atom stereocenters. The second-order valence-electron chi connectivity index (χ2n) is 7.23. The summed E-state index contributed by atoms with van der Waals surface area (Å²) in [6.07, 6.45) is 0. The molecule has 0 aliphatic heterocycles. The molecule has 0 amide bonds. The van der Waals surface area contributed by atoms with Gasteiger partial charge in [0.2, 0.25) is 5.60 Å². The number of nitrogens with zero attached hydrogens (tertiary/aromatic N) is 2. The first-order chi connectivity index (χ1) is 14.0. The van der Waals surface area contributed by atoms with Crippen LogP contribution in [0.25, 0.3) is 0 Å². The fourth-order valence-corrected chi connectivity index (χ4v) is 3.26. The zero-order valence-electron chi connectivity index (χ0n) is 18.1. The minimum Gasteiger partial charge on any atom is -0.462 e. The van der Waals surface area contributed by atoms with Crippen LogP contribution in [0.15, 0.2) is 60.7 Å². The average molecular weight is 399 g/mol. The largest absolute Gasteiger partial charge is 0.462 e. The summed E-state index contributed by atoms with van der Waals surface area (Å²) < 4.78 is 12.1. The summed E-state index contributed by atoms with van der Waals surface area (Å²) in [4.78, 5) is 17.8. The number of benzene rings is 2. The molecule has 0 radical (unpaired) electrons. The highest BCUT2D eigenvalue weighted by Gasteiger charge is 2.45. The Morgan fingerprint density at radius 3 is 1.79 bits per heavy atom. The standard InChI is InChI=1S/C24H34N2O3/c1-5-26(6-2)18-19-28-23(27)24(29-20-17-25(3)4,21-13-9-7-10-14-21)22-15-11-8-12-16-22/h7-16H,5-6,17-20H2,1-4H3. The van der Waals surface area contributed by atoms with Gasteiger partial charge in [-0.25, -0.2) is 4.79 Å². The molecule has 0 aliphatic carbocycles. The number of carbonyl (C=O) groups is 1. The summed E-state index contributed by atoms with van der Waals surface area (Å²) in [5.41, 5.74) is 0.262. The summed E-state index contributed by atoms with van der Waals surface area (Å²) in [5, 5.41) is 0. The quantitative estimate of drug-likeness (QED) is 0.513. The van der Waals surface area contributed by atoms with Crippen LogP contribution in [0.1, 0.15) is 25.0 Å². The van der Waals surface area contributed by atoms with Crippen molar-refractivity contribution in [1.29, 1.82) is 0 Å². The highest BCUT2D eigenvalue weighted by molar-refractivity contribution is 5.85. The van der Waals surface area contributed by atoms with Gasteiger partial charge in [0.1, 0.15) is 6.61 Å². The van der Waals surface area contributed by atoms with Crippen molar-refractivity contribution in [2.24, 2.45) is 0 Å². The summed E-state index contributed by atoms with van der Waals surface area (Å²) in [6.45, 7) is 8.21. The van der Waals surface area contributed by atoms with Gasteiger partial charge in [0.15, 0.2) is 0 Å². The lowest BCUT2D eigenvalue weighted by Crippen LogP contribution is -2.43. The van der Waals surface area contributed by atoms with E-state index in [-0.39, 0.29) is 5.97 Å². The van der Waals surface area contributed by atoms with Crippen molar-refractivity contribution in [2.75, 3.05) is 53.5 Å². The van der Waals surface area contributed by atoms with Crippen molar-refractivity contribution in [3.8, 4) is 0 Å². The molecule has 0 N–H and O–H groups in total. The van der Waals surface area contributed by atoms with E-state index in [1.165, 1.54) is 0 Å². The first-order valence-electron chi connectivity index (χ1n) is 10.3. The van der Waals surface area contributed by atoms with E-state index in [1.54, 1.807) is 0 Å². The van der Waals surface area contributed by atoms with Crippen LogP contribution in [0.2, 0.25) is 0 Å². The molecule has 0 spiro atoms. The molecule has 158 valence electrons. The van der Waals surface area contributed by atoms with Gasteiger partial charge in [0, 0.05) is 13.1 Å². The van der Waals surface area contributed by atoms with Crippen molar-refractivity contribution in [2.45, 2.75) is 19.4 Å². The Balaban J connectivity index is 2.37. The van der Waals surface area contributed by atoms with Gasteiger partial charge in [0.05, 0.1) is 6.61 Å². The second kappa shape index (κ2) is 11.7. The van der Waals surface area contributed by atoms with Crippen LogP contribution in [0.4, 0.5) is 0 Å². The first-order valence-corrected chi connectivity index (χ1v) is 10.3. The van der Waals surface area contributed by atoms with Gasteiger partial charge < -0.3 is 19.3 Å². The minimum atomic E-state index is -1.29. The predicted octanol–water partition coefficient (Wildman–Crippen LogP) is 3.39. The lowest BCUT2D eigenvalue weighted by molar-refractivity contribution is -0.169. The topological polar surface area (TPSA) is 42.0 Å². The van der Waals surface area contributed by atoms with E-state index in [9.17, 15) is 4.79 Å². The van der Waals surface area contributed by atoms with Gasteiger partial charge >= 0.3 is 5.97 Å². The first kappa shape index (κ1) is 23.1. The molecular weight excluding hydrogens is 364 g/mol. The third kappa shape index (κ3) is 6.13. The number of hydrogen-bond acceptors (Lipinski definition) is 5. The number of ether oxygens (including phenoxy) is 2. The number of rotatable bonds is 12. The van der Waals surface area contributed by atoms with E-state index in [2.05, 4.69) is 18.7 Å². The molecule has 0 aromatic heterocycles. The Kier molecular flexibility index (Phi) is 9.32. The van der Waals surface area contributed by atoms with Crippen LogP contribution < -0.4 is 0 Å². The summed E-state index contributed by atoms with van der Waals surface area (Å²) in [5.74, 6) is -0.374. The Hall–Kier alpha value is -2.21. The lowest BCUT2D eigenvalue weighted by atomic mass is 9.86. The number of carbonyl (C=O) groups excluding carboxylic acids is 1. The molecule has 0 atom stereocenters. The fourth-order valence-electron chi connectivity index (χ4n) is 3.26. The van der Waals surface area contributed by atoms with E-state index in [1.807, 2.05) is 79.7 Å². The molecule has 5 nitrogen and oxygen atoms in total. The molecule has 0 fully saturated rings. The molecule has 2 rings (SSSR count). The van der Waals surface area contributed by atoms with Crippen molar-refractivity contribution in [3.63, 3.8) is 0 Å². The van der Waals surface area contributed by atoms with Crippen LogP contribution in [0, 0.1) is 0 Å². The average Bonchev–Trinajstić information content (AvgIpc) is 2.75. The molecule has 2 aromatic carbocycles. The Labute approximate surface area is 175 Å². The van der Waals surface area contributed by atoms with Gasteiger partial charge in [-0.15, -0.1) is 0 Å². The SMILES string of the molecule is CCN(CC)CCOC(=O)C(OCCN(C)C)(c1ccccc1)c1ccccc1. The van der Waals surface area contributed by atoms with E-state index >= 15 is 0 Å². The van der Waals surface area contributed by atoms with E-state index in [0.29, 0.717) is 26.3 Å². The fraction of sp³-hybridized carbons (Fsp3) is 0.458. The zero-order valence-corrected chi connectivity index (χ0v) is 18.1. The smallest absolute Gasteiger partial charge is 0.347 e. The molecule has 0 saturated carbocycles. The lowest BCUT2D eigenvalue weighted by Gasteiger charge is -2.33. The van der Waals surface area contributed by atoms with Gasteiger partial charge in [-0.2, -0.15) is 0 Å². The molecular formula is C24H34N2O3. The van der Waals surface area contributed by atoms with E-state index < -0.39 is 5.60 Å². The van der Waals surface area contributed by atoms with Crippen LogP contribution >= 0.6 is 0 Å². The summed E-state index contributed by atoms with van der Waals surface area (Å²) in [7, 11) is 3.97. The highest BCUT2D eigenvalue weighted by atomic mass is 16.6. The molecule has 0 heterocycles.